The monoisotopic (exact) mass is 276 g/mol. The van der Waals surface area contributed by atoms with Gasteiger partial charge in [0, 0.05) is 0 Å². The molecule has 0 amide bonds. The molecule has 4 heteroatoms. The van der Waals surface area contributed by atoms with Gasteiger partial charge in [-0.05, 0) is 28.8 Å². The van der Waals surface area contributed by atoms with Gasteiger partial charge in [0.15, 0.2) is 0 Å². The van der Waals surface area contributed by atoms with Crippen molar-refractivity contribution in [3.8, 4) is 11.1 Å². The van der Waals surface area contributed by atoms with Crippen LogP contribution in [0.2, 0.25) is 5.02 Å². The zero-order valence-corrected chi connectivity index (χ0v) is 11.1. The van der Waals surface area contributed by atoms with Gasteiger partial charge in [-0.25, -0.2) is 4.79 Å². The maximum absolute atomic E-state index is 11.4. The van der Waals surface area contributed by atoms with Gasteiger partial charge in [-0.3, -0.25) is 0 Å². The summed E-state index contributed by atoms with van der Waals surface area (Å²) in [5, 5.41) is 9.35. The highest BCUT2D eigenvalue weighted by Gasteiger charge is 2.11. The van der Waals surface area contributed by atoms with Crippen LogP contribution in [0.4, 0.5) is 0 Å². The van der Waals surface area contributed by atoms with Crippen molar-refractivity contribution in [3.63, 3.8) is 0 Å². The molecule has 0 unspecified atom stereocenters. The van der Waals surface area contributed by atoms with Crippen LogP contribution in [0.5, 0.6) is 0 Å². The molecule has 0 saturated heterocycles. The summed E-state index contributed by atoms with van der Waals surface area (Å²) in [6, 6.07) is 12.7. The Kier molecular flexibility index (Phi) is 4.20. The van der Waals surface area contributed by atoms with E-state index < -0.39 is 5.97 Å². The summed E-state index contributed by atoms with van der Waals surface area (Å²) in [6.07, 6.45) is 0. The van der Waals surface area contributed by atoms with Crippen LogP contribution in [-0.4, -0.2) is 18.2 Å². The molecule has 1 N–H and O–H groups in total. The Balaban J connectivity index is 2.35. The summed E-state index contributed by atoms with van der Waals surface area (Å²) in [4.78, 5) is 11.4. The SMILES string of the molecule is COC(=O)c1ccc(-c2ccc(CO)cc2)cc1Cl. The summed E-state index contributed by atoms with van der Waals surface area (Å²) in [7, 11) is 1.32. The molecule has 2 rings (SSSR count). The number of esters is 1. The number of halogens is 1. The number of carbonyl (C=O) groups excluding carboxylic acids is 1. The quantitative estimate of drug-likeness (QED) is 0.875. The number of hydrogen-bond donors (Lipinski definition) is 1. The van der Waals surface area contributed by atoms with E-state index in [9.17, 15) is 4.79 Å². The van der Waals surface area contributed by atoms with Gasteiger partial charge in [0.25, 0.3) is 0 Å². The van der Waals surface area contributed by atoms with E-state index in [1.807, 2.05) is 30.3 Å². The normalized spacial score (nSPS) is 10.3. The molecule has 0 fully saturated rings. The lowest BCUT2D eigenvalue weighted by Crippen LogP contribution is -2.01. The van der Waals surface area contributed by atoms with Gasteiger partial charge in [-0.1, -0.05) is 41.9 Å². The molecule has 0 heterocycles. The topological polar surface area (TPSA) is 46.5 Å². The summed E-state index contributed by atoms with van der Waals surface area (Å²) >= 11 is 6.07. The molecule has 0 aliphatic rings. The van der Waals surface area contributed by atoms with E-state index in [2.05, 4.69) is 4.74 Å². The Hall–Kier alpha value is -1.84. The molecule has 0 aromatic heterocycles. The molecular weight excluding hydrogens is 264 g/mol. The van der Waals surface area contributed by atoms with Crippen LogP contribution >= 0.6 is 11.6 Å². The van der Waals surface area contributed by atoms with Gasteiger partial charge in [-0.2, -0.15) is 0 Å². The van der Waals surface area contributed by atoms with Crippen LogP contribution in [0.1, 0.15) is 15.9 Å². The lowest BCUT2D eigenvalue weighted by atomic mass is 10.0. The Morgan fingerprint density at radius 3 is 2.32 bits per heavy atom. The number of ether oxygens (including phenoxy) is 1. The molecule has 0 atom stereocenters. The zero-order valence-electron chi connectivity index (χ0n) is 10.4. The van der Waals surface area contributed by atoms with Gasteiger partial charge in [0.1, 0.15) is 0 Å². The van der Waals surface area contributed by atoms with Gasteiger partial charge in [0.05, 0.1) is 24.3 Å². The van der Waals surface area contributed by atoms with E-state index >= 15 is 0 Å². The first-order valence-corrected chi connectivity index (χ1v) is 6.11. The largest absolute Gasteiger partial charge is 0.465 e. The molecule has 3 nitrogen and oxygen atoms in total. The number of aliphatic hydroxyl groups is 1. The lowest BCUT2D eigenvalue weighted by Gasteiger charge is -2.06. The first kappa shape index (κ1) is 13.6. The Morgan fingerprint density at radius 2 is 1.79 bits per heavy atom. The summed E-state index contributed by atoms with van der Waals surface area (Å²) in [5.41, 5.74) is 3.07. The number of methoxy groups -OCH3 is 1. The van der Waals surface area contributed by atoms with Gasteiger partial charge >= 0.3 is 5.97 Å². The van der Waals surface area contributed by atoms with Crippen molar-refractivity contribution in [2.75, 3.05) is 7.11 Å². The lowest BCUT2D eigenvalue weighted by molar-refractivity contribution is 0.0601. The highest BCUT2D eigenvalue weighted by Crippen LogP contribution is 2.26. The second-order valence-electron chi connectivity index (χ2n) is 4.04. The minimum absolute atomic E-state index is 0.0162. The van der Waals surface area contributed by atoms with Gasteiger partial charge in [0.2, 0.25) is 0 Å². The zero-order chi connectivity index (χ0) is 13.8. The molecule has 0 aliphatic carbocycles. The molecule has 0 radical (unpaired) electrons. The van der Waals surface area contributed by atoms with Crippen molar-refractivity contribution in [1.82, 2.24) is 0 Å². The fraction of sp³-hybridized carbons (Fsp3) is 0.133. The van der Waals surface area contributed by atoms with E-state index in [0.29, 0.717) is 10.6 Å². The molecule has 98 valence electrons. The van der Waals surface area contributed by atoms with Crippen LogP contribution in [0.25, 0.3) is 11.1 Å². The smallest absolute Gasteiger partial charge is 0.339 e. The molecule has 0 aliphatic heterocycles. The van der Waals surface area contributed by atoms with Crippen molar-refractivity contribution >= 4 is 17.6 Å². The van der Waals surface area contributed by atoms with Crippen LogP contribution < -0.4 is 0 Å². The van der Waals surface area contributed by atoms with E-state index in [0.717, 1.165) is 16.7 Å². The maximum Gasteiger partial charge on any atom is 0.339 e. The fourth-order valence-corrected chi connectivity index (χ4v) is 2.03. The first-order chi connectivity index (χ1) is 9.15. The predicted molar refractivity (Wildman–Crippen MR) is 74.2 cm³/mol. The van der Waals surface area contributed by atoms with Crippen LogP contribution in [0.3, 0.4) is 0 Å². The van der Waals surface area contributed by atoms with E-state index in [-0.39, 0.29) is 6.61 Å². The number of aliphatic hydroxyl groups excluding tert-OH is 1. The van der Waals surface area contributed by atoms with Crippen LogP contribution in [-0.2, 0) is 11.3 Å². The Bertz CT molecular complexity index is 591. The maximum atomic E-state index is 11.4. The molecule has 2 aromatic rings. The molecule has 0 spiro atoms. The predicted octanol–water partition coefficient (Wildman–Crippen LogP) is 3.29. The van der Waals surface area contributed by atoms with Crippen LogP contribution in [0.15, 0.2) is 42.5 Å². The van der Waals surface area contributed by atoms with Crippen molar-refractivity contribution in [3.05, 3.63) is 58.6 Å². The standard InChI is InChI=1S/C15H13ClO3/c1-19-15(18)13-7-6-12(8-14(13)16)11-4-2-10(9-17)3-5-11/h2-8,17H,9H2,1H3. The van der Waals surface area contributed by atoms with Gasteiger partial charge < -0.3 is 9.84 Å². The highest BCUT2D eigenvalue weighted by atomic mass is 35.5. The van der Waals surface area contributed by atoms with Crippen molar-refractivity contribution in [2.45, 2.75) is 6.61 Å². The highest BCUT2D eigenvalue weighted by molar-refractivity contribution is 6.33. The van der Waals surface area contributed by atoms with E-state index in [1.54, 1.807) is 12.1 Å². The third-order valence-corrected chi connectivity index (χ3v) is 3.16. The number of hydrogen-bond acceptors (Lipinski definition) is 3. The summed E-state index contributed by atoms with van der Waals surface area (Å²) < 4.78 is 4.64. The van der Waals surface area contributed by atoms with Crippen LogP contribution in [0, 0.1) is 0 Å². The van der Waals surface area contributed by atoms with E-state index in [4.69, 9.17) is 16.7 Å². The molecule has 0 bridgehead atoms. The fourth-order valence-electron chi connectivity index (χ4n) is 1.77. The van der Waals surface area contributed by atoms with Crippen molar-refractivity contribution in [2.24, 2.45) is 0 Å². The minimum atomic E-state index is -0.452. The molecular formula is C15H13ClO3. The molecule has 19 heavy (non-hydrogen) atoms. The summed E-state index contributed by atoms with van der Waals surface area (Å²) in [5.74, 6) is -0.452. The molecule has 0 saturated carbocycles. The van der Waals surface area contributed by atoms with Crippen molar-refractivity contribution < 1.29 is 14.6 Å². The average Bonchev–Trinajstić information content (AvgIpc) is 2.46. The third-order valence-electron chi connectivity index (χ3n) is 2.84. The number of benzene rings is 2. The second kappa shape index (κ2) is 5.87. The number of carbonyl (C=O) groups is 1. The number of rotatable bonds is 3. The minimum Gasteiger partial charge on any atom is -0.465 e. The first-order valence-electron chi connectivity index (χ1n) is 5.73. The van der Waals surface area contributed by atoms with Crippen molar-refractivity contribution in [1.29, 1.82) is 0 Å². The Labute approximate surface area is 116 Å². The van der Waals surface area contributed by atoms with E-state index in [1.165, 1.54) is 7.11 Å². The summed E-state index contributed by atoms with van der Waals surface area (Å²) in [6.45, 7) is 0.0162. The average molecular weight is 277 g/mol. The third kappa shape index (κ3) is 2.95. The second-order valence-corrected chi connectivity index (χ2v) is 4.45. The molecule has 2 aromatic carbocycles. The Morgan fingerprint density at radius 1 is 1.16 bits per heavy atom. The van der Waals surface area contributed by atoms with Gasteiger partial charge in [-0.15, -0.1) is 0 Å².